The summed E-state index contributed by atoms with van der Waals surface area (Å²) in [6, 6.07) is 10.7. The first-order chi connectivity index (χ1) is 15.9. The molecule has 6 nitrogen and oxygen atoms in total. The van der Waals surface area contributed by atoms with E-state index in [4.69, 9.17) is 11.6 Å². The summed E-state index contributed by atoms with van der Waals surface area (Å²) in [7, 11) is -4.39. The highest BCUT2D eigenvalue weighted by Gasteiger charge is 2.34. The number of anilines is 2. The van der Waals surface area contributed by atoms with Crippen LogP contribution in [0.2, 0.25) is 5.02 Å². The number of carbonyl (C=O) groups excluding carboxylic acids is 1. The molecule has 0 radical (unpaired) electrons. The summed E-state index contributed by atoms with van der Waals surface area (Å²) in [4.78, 5) is 15.2. The van der Waals surface area contributed by atoms with Crippen LogP contribution in [-0.2, 0) is 27.4 Å². The fourth-order valence-electron chi connectivity index (χ4n) is 3.06. The van der Waals surface area contributed by atoms with Crippen LogP contribution < -0.4 is 10.0 Å². The van der Waals surface area contributed by atoms with Gasteiger partial charge < -0.3 is 5.32 Å². The van der Waals surface area contributed by atoms with Gasteiger partial charge in [-0.15, -0.1) is 0 Å². The average Bonchev–Trinajstić information content (AvgIpc) is 2.75. The maximum absolute atomic E-state index is 13.2. The molecule has 3 aromatic rings. The van der Waals surface area contributed by atoms with Gasteiger partial charge in [0.25, 0.3) is 10.0 Å². The molecule has 1 amide bonds. The second-order valence-corrected chi connectivity index (χ2v) is 9.41. The number of pyridine rings is 1. The van der Waals surface area contributed by atoms with Gasteiger partial charge in [-0.3, -0.25) is 14.5 Å². The van der Waals surface area contributed by atoms with Gasteiger partial charge in [0.05, 0.1) is 26.9 Å². The Hall–Kier alpha value is -3.37. The first-order valence-corrected chi connectivity index (χ1v) is 11.6. The number of halogens is 4. The minimum Gasteiger partial charge on any atom is -0.323 e. The van der Waals surface area contributed by atoms with Crippen molar-refractivity contribution in [2.24, 2.45) is 0 Å². The summed E-state index contributed by atoms with van der Waals surface area (Å²) >= 11 is 5.60. The molecule has 0 aliphatic heterocycles. The molecular weight excluding hydrogens is 491 g/mol. The van der Waals surface area contributed by atoms with Crippen LogP contribution in [0.25, 0.3) is 0 Å². The number of rotatable bonds is 7. The van der Waals surface area contributed by atoms with Crippen LogP contribution >= 0.6 is 11.6 Å². The van der Waals surface area contributed by atoms with Crippen LogP contribution in [0.5, 0.6) is 0 Å². The third kappa shape index (κ3) is 6.15. The van der Waals surface area contributed by atoms with Gasteiger partial charge in [-0.25, -0.2) is 8.42 Å². The van der Waals surface area contributed by atoms with E-state index >= 15 is 0 Å². The third-order valence-corrected chi connectivity index (χ3v) is 6.35. The molecule has 34 heavy (non-hydrogen) atoms. The SMILES string of the molecule is C=CC(=O)Nc1cccc(Cc2ncc(C)cc2NS(=O)(=O)c2ccc(Cl)c(C(F)(F)F)c2)c1. The van der Waals surface area contributed by atoms with Crippen LogP contribution in [0.15, 0.2) is 72.3 Å². The summed E-state index contributed by atoms with van der Waals surface area (Å²) in [6.45, 7) is 5.09. The van der Waals surface area contributed by atoms with Crippen molar-refractivity contribution in [1.82, 2.24) is 4.98 Å². The van der Waals surface area contributed by atoms with Gasteiger partial charge in [-0.05, 0) is 60.5 Å². The van der Waals surface area contributed by atoms with Gasteiger partial charge in [0, 0.05) is 18.3 Å². The van der Waals surface area contributed by atoms with Gasteiger partial charge in [0.2, 0.25) is 5.91 Å². The van der Waals surface area contributed by atoms with E-state index in [0.717, 1.165) is 18.2 Å². The van der Waals surface area contributed by atoms with Crippen molar-refractivity contribution in [3.05, 3.63) is 94.8 Å². The summed E-state index contributed by atoms with van der Waals surface area (Å²) in [5.41, 5.74) is 1.07. The van der Waals surface area contributed by atoms with E-state index in [1.165, 1.54) is 6.07 Å². The molecule has 0 spiro atoms. The van der Waals surface area contributed by atoms with E-state index in [1.54, 1.807) is 37.4 Å². The topological polar surface area (TPSA) is 88.2 Å². The number of nitrogens with one attached hydrogen (secondary N) is 2. The summed E-state index contributed by atoms with van der Waals surface area (Å²) in [6.07, 6.45) is -1.96. The number of aryl methyl sites for hydroxylation is 1. The Morgan fingerprint density at radius 2 is 1.91 bits per heavy atom. The Balaban J connectivity index is 1.94. The zero-order valence-corrected chi connectivity index (χ0v) is 19.4. The summed E-state index contributed by atoms with van der Waals surface area (Å²) < 4.78 is 67.7. The Kier molecular flexibility index (Phi) is 7.32. The van der Waals surface area contributed by atoms with Crippen molar-refractivity contribution in [3.8, 4) is 0 Å². The predicted octanol–water partition coefficient (Wildman–Crippen LogP) is 5.58. The van der Waals surface area contributed by atoms with Crippen LogP contribution in [0.1, 0.15) is 22.4 Å². The molecule has 0 atom stereocenters. The molecule has 2 N–H and O–H groups in total. The Labute approximate surface area is 199 Å². The minimum atomic E-state index is -4.81. The molecule has 0 saturated heterocycles. The zero-order valence-electron chi connectivity index (χ0n) is 17.8. The smallest absolute Gasteiger partial charge is 0.323 e. The molecule has 178 valence electrons. The van der Waals surface area contributed by atoms with Crippen molar-refractivity contribution in [1.29, 1.82) is 0 Å². The first-order valence-electron chi connectivity index (χ1n) is 9.76. The van der Waals surface area contributed by atoms with Crippen molar-refractivity contribution < 1.29 is 26.4 Å². The molecule has 0 unspecified atom stereocenters. The molecule has 0 fully saturated rings. The molecule has 2 aromatic carbocycles. The lowest BCUT2D eigenvalue weighted by Gasteiger charge is -2.15. The Bertz CT molecular complexity index is 1360. The number of benzene rings is 2. The normalized spacial score (nSPS) is 11.7. The number of amides is 1. The molecule has 3 rings (SSSR count). The van der Waals surface area contributed by atoms with Gasteiger partial charge in [-0.2, -0.15) is 13.2 Å². The van der Waals surface area contributed by atoms with E-state index in [1.807, 2.05) is 0 Å². The van der Waals surface area contributed by atoms with Crippen LogP contribution in [-0.4, -0.2) is 19.3 Å². The molecule has 1 aromatic heterocycles. The largest absolute Gasteiger partial charge is 0.417 e. The molecule has 1 heterocycles. The number of alkyl halides is 3. The molecule has 0 bridgehead atoms. The number of hydrogen-bond acceptors (Lipinski definition) is 4. The third-order valence-electron chi connectivity index (χ3n) is 4.66. The number of hydrogen-bond donors (Lipinski definition) is 2. The number of nitrogens with zero attached hydrogens (tertiary/aromatic N) is 1. The average molecular weight is 510 g/mol. The lowest BCUT2D eigenvalue weighted by molar-refractivity contribution is -0.137. The zero-order chi connectivity index (χ0) is 25.1. The highest BCUT2D eigenvalue weighted by Crippen LogP contribution is 2.36. The van der Waals surface area contributed by atoms with Crippen molar-refractivity contribution in [2.45, 2.75) is 24.4 Å². The van der Waals surface area contributed by atoms with E-state index in [9.17, 15) is 26.4 Å². The van der Waals surface area contributed by atoms with Crippen LogP contribution in [0, 0.1) is 6.92 Å². The maximum Gasteiger partial charge on any atom is 0.417 e. The van der Waals surface area contributed by atoms with Crippen LogP contribution in [0.3, 0.4) is 0 Å². The van der Waals surface area contributed by atoms with Crippen molar-refractivity contribution >= 4 is 38.9 Å². The number of carbonyl (C=O) groups is 1. The highest BCUT2D eigenvalue weighted by molar-refractivity contribution is 7.92. The second-order valence-electron chi connectivity index (χ2n) is 7.32. The van der Waals surface area contributed by atoms with Crippen LogP contribution in [0.4, 0.5) is 24.5 Å². The highest BCUT2D eigenvalue weighted by atomic mass is 35.5. The number of sulfonamides is 1. The lowest BCUT2D eigenvalue weighted by Crippen LogP contribution is -2.16. The van der Waals surface area contributed by atoms with Crippen molar-refractivity contribution in [2.75, 3.05) is 10.0 Å². The monoisotopic (exact) mass is 509 g/mol. The van der Waals surface area contributed by atoms with Gasteiger partial charge in [-0.1, -0.05) is 30.3 Å². The molecule has 11 heteroatoms. The molecule has 0 saturated carbocycles. The van der Waals surface area contributed by atoms with E-state index in [-0.39, 0.29) is 18.0 Å². The van der Waals surface area contributed by atoms with Gasteiger partial charge >= 0.3 is 6.18 Å². The molecular formula is C23H19ClF3N3O3S. The second kappa shape index (κ2) is 9.86. The fraction of sp³-hybridized carbons (Fsp3) is 0.130. The Morgan fingerprint density at radius 1 is 1.18 bits per heavy atom. The van der Waals surface area contributed by atoms with Gasteiger partial charge in [0.15, 0.2) is 0 Å². The Morgan fingerprint density at radius 3 is 2.59 bits per heavy atom. The number of aromatic nitrogens is 1. The maximum atomic E-state index is 13.2. The van der Waals surface area contributed by atoms with E-state index < -0.39 is 31.7 Å². The van der Waals surface area contributed by atoms with Gasteiger partial charge in [0.1, 0.15) is 0 Å². The van der Waals surface area contributed by atoms with E-state index in [2.05, 4.69) is 21.6 Å². The standard InChI is InChI=1S/C23H19ClF3N3O3S/c1-3-22(31)29-16-6-4-5-15(10-16)11-20-21(9-14(2)13-28-20)30-34(32,33)17-7-8-19(24)18(12-17)23(25,26)27/h3-10,12-13,30H,1,11H2,2H3,(H,29,31). The lowest BCUT2D eigenvalue weighted by atomic mass is 10.1. The minimum absolute atomic E-state index is 0.115. The van der Waals surface area contributed by atoms with E-state index in [0.29, 0.717) is 28.6 Å². The quantitative estimate of drug-likeness (QED) is 0.407. The van der Waals surface area contributed by atoms with Crippen molar-refractivity contribution in [3.63, 3.8) is 0 Å². The first kappa shape index (κ1) is 25.3. The summed E-state index contributed by atoms with van der Waals surface area (Å²) in [5.74, 6) is -0.389. The molecule has 0 aliphatic rings. The summed E-state index contributed by atoms with van der Waals surface area (Å²) in [5, 5.41) is 2.03. The predicted molar refractivity (Wildman–Crippen MR) is 124 cm³/mol. The fourth-order valence-corrected chi connectivity index (χ4v) is 4.39. The molecule has 0 aliphatic carbocycles.